The fourth-order valence-corrected chi connectivity index (χ4v) is 2.39. The van der Waals surface area contributed by atoms with Gasteiger partial charge in [-0.05, 0) is 19.1 Å². The van der Waals surface area contributed by atoms with Gasteiger partial charge in [-0.15, -0.1) is 0 Å². The molecule has 1 aliphatic rings. The first-order valence-electron chi connectivity index (χ1n) is 6.18. The van der Waals surface area contributed by atoms with Crippen LogP contribution in [0.2, 0.25) is 0 Å². The molecule has 1 aromatic carbocycles. The van der Waals surface area contributed by atoms with Crippen molar-refractivity contribution in [3.05, 3.63) is 47.3 Å². The SMILES string of the molecule is Cc1cc(CNC2COc3ccccc32)n(C)n1. The Morgan fingerprint density at radius 1 is 1.44 bits per heavy atom. The molecule has 2 heterocycles. The first kappa shape index (κ1) is 11.3. The number of nitrogens with zero attached hydrogens (tertiary/aromatic N) is 2. The maximum absolute atomic E-state index is 5.65. The van der Waals surface area contributed by atoms with Gasteiger partial charge in [0.05, 0.1) is 17.4 Å². The van der Waals surface area contributed by atoms with Gasteiger partial charge in [0.25, 0.3) is 0 Å². The van der Waals surface area contributed by atoms with Crippen LogP contribution in [0.25, 0.3) is 0 Å². The minimum Gasteiger partial charge on any atom is -0.491 e. The Bertz CT molecular complexity index is 562. The van der Waals surface area contributed by atoms with E-state index in [-0.39, 0.29) is 6.04 Å². The number of hydrogen-bond acceptors (Lipinski definition) is 3. The minimum atomic E-state index is 0.274. The predicted octanol–water partition coefficient (Wildman–Crippen LogP) is 1.95. The highest BCUT2D eigenvalue weighted by atomic mass is 16.5. The molecule has 0 amide bonds. The van der Waals surface area contributed by atoms with Gasteiger partial charge in [0.2, 0.25) is 0 Å². The van der Waals surface area contributed by atoms with Crippen molar-refractivity contribution < 1.29 is 4.74 Å². The lowest BCUT2D eigenvalue weighted by atomic mass is 10.1. The third-order valence-electron chi connectivity index (χ3n) is 3.33. The maximum Gasteiger partial charge on any atom is 0.124 e. The van der Waals surface area contributed by atoms with Crippen LogP contribution in [0.1, 0.15) is 23.0 Å². The molecule has 94 valence electrons. The van der Waals surface area contributed by atoms with E-state index in [1.165, 1.54) is 11.3 Å². The lowest BCUT2D eigenvalue weighted by molar-refractivity contribution is 0.309. The minimum absolute atomic E-state index is 0.274. The van der Waals surface area contributed by atoms with E-state index in [4.69, 9.17) is 4.74 Å². The second-order valence-corrected chi connectivity index (χ2v) is 4.68. The van der Waals surface area contributed by atoms with Crippen molar-refractivity contribution >= 4 is 0 Å². The number of fused-ring (bicyclic) bond motifs is 1. The zero-order chi connectivity index (χ0) is 12.5. The summed E-state index contributed by atoms with van der Waals surface area (Å²) in [7, 11) is 1.98. The van der Waals surface area contributed by atoms with E-state index >= 15 is 0 Å². The highest BCUT2D eigenvalue weighted by Crippen LogP contribution is 2.31. The Morgan fingerprint density at radius 2 is 2.28 bits per heavy atom. The molecule has 18 heavy (non-hydrogen) atoms. The summed E-state index contributed by atoms with van der Waals surface area (Å²) in [4.78, 5) is 0. The van der Waals surface area contributed by atoms with Crippen LogP contribution in [0.4, 0.5) is 0 Å². The summed E-state index contributed by atoms with van der Waals surface area (Å²) in [6, 6.07) is 10.6. The number of rotatable bonds is 3. The smallest absolute Gasteiger partial charge is 0.124 e. The molecule has 0 fully saturated rings. The summed E-state index contributed by atoms with van der Waals surface area (Å²) in [5.41, 5.74) is 3.49. The Kier molecular flexibility index (Phi) is 2.80. The molecule has 0 saturated carbocycles. The molecule has 4 heteroatoms. The van der Waals surface area contributed by atoms with Crippen LogP contribution in [0.5, 0.6) is 5.75 Å². The van der Waals surface area contributed by atoms with Crippen molar-refractivity contribution in [2.45, 2.75) is 19.5 Å². The third kappa shape index (κ3) is 1.99. The van der Waals surface area contributed by atoms with Crippen LogP contribution >= 0.6 is 0 Å². The van der Waals surface area contributed by atoms with Crippen molar-refractivity contribution in [2.24, 2.45) is 7.05 Å². The average Bonchev–Trinajstić information content (AvgIpc) is 2.90. The molecule has 0 radical (unpaired) electrons. The lowest BCUT2D eigenvalue weighted by Crippen LogP contribution is -2.23. The van der Waals surface area contributed by atoms with Crippen LogP contribution < -0.4 is 10.1 Å². The fraction of sp³-hybridized carbons (Fsp3) is 0.357. The monoisotopic (exact) mass is 243 g/mol. The molecule has 1 unspecified atom stereocenters. The van der Waals surface area contributed by atoms with Crippen LogP contribution in [-0.4, -0.2) is 16.4 Å². The molecule has 0 bridgehead atoms. The molecule has 1 aromatic heterocycles. The Labute approximate surface area is 107 Å². The summed E-state index contributed by atoms with van der Waals surface area (Å²) in [5.74, 6) is 0.996. The molecule has 4 nitrogen and oxygen atoms in total. The van der Waals surface area contributed by atoms with Gasteiger partial charge in [-0.25, -0.2) is 0 Å². The molecule has 1 N–H and O–H groups in total. The fourth-order valence-electron chi connectivity index (χ4n) is 2.39. The highest BCUT2D eigenvalue weighted by Gasteiger charge is 2.23. The second kappa shape index (κ2) is 4.46. The molecule has 1 atom stereocenters. The van der Waals surface area contributed by atoms with Gasteiger partial charge in [-0.2, -0.15) is 5.10 Å². The number of hydrogen-bond donors (Lipinski definition) is 1. The van der Waals surface area contributed by atoms with E-state index in [0.717, 1.165) is 18.0 Å². The molecular weight excluding hydrogens is 226 g/mol. The molecule has 1 aliphatic heterocycles. The zero-order valence-corrected chi connectivity index (χ0v) is 10.7. The van der Waals surface area contributed by atoms with Gasteiger partial charge in [-0.1, -0.05) is 18.2 Å². The van der Waals surface area contributed by atoms with Gasteiger partial charge in [0, 0.05) is 19.2 Å². The van der Waals surface area contributed by atoms with Gasteiger partial charge in [0.1, 0.15) is 12.4 Å². The second-order valence-electron chi connectivity index (χ2n) is 4.68. The molecule has 0 aliphatic carbocycles. The van der Waals surface area contributed by atoms with E-state index in [2.05, 4.69) is 28.6 Å². The third-order valence-corrected chi connectivity index (χ3v) is 3.33. The van der Waals surface area contributed by atoms with Crippen molar-refractivity contribution in [3.63, 3.8) is 0 Å². The van der Waals surface area contributed by atoms with E-state index in [9.17, 15) is 0 Å². The first-order chi connectivity index (χ1) is 8.74. The molecule has 0 saturated heterocycles. The van der Waals surface area contributed by atoms with Gasteiger partial charge in [0.15, 0.2) is 0 Å². The topological polar surface area (TPSA) is 39.1 Å². The lowest BCUT2D eigenvalue weighted by Gasteiger charge is -2.11. The maximum atomic E-state index is 5.65. The van der Waals surface area contributed by atoms with Crippen molar-refractivity contribution in [1.82, 2.24) is 15.1 Å². The standard InChI is InChI=1S/C14H17N3O/c1-10-7-11(17(2)16-10)8-15-13-9-18-14-6-4-3-5-12(13)14/h3-7,13,15H,8-9H2,1-2H3. The van der Waals surface area contributed by atoms with Crippen molar-refractivity contribution in [3.8, 4) is 5.75 Å². The van der Waals surface area contributed by atoms with Gasteiger partial charge >= 0.3 is 0 Å². The van der Waals surface area contributed by atoms with Crippen LogP contribution in [-0.2, 0) is 13.6 Å². The largest absolute Gasteiger partial charge is 0.491 e. The number of benzene rings is 1. The number of aromatic nitrogens is 2. The molecule has 0 spiro atoms. The molecule has 3 rings (SSSR count). The number of ether oxygens (including phenoxy) is 1. The van der Waals surface area contributed by atoms with Gasteiger partial charge < -0.3 is 10.1 Å². The summed E-state index contributed by atoms with van der Waals surface area (Å²) in [6.45, 7) is 3.52. The van der Waals surface area contributed by atoms with Crippen LogP contribution in [0.3, 0.4) is 0 Å². The number of nitrogens with one attached hydrogen (secondary N) is 1. The Balaban J connectivity index is 1.70. The van der Waals surface area contributed by atoms with Crippen LogP contribution in [0, 0.1) is 6.92 Å². The first-order valence-corrected chi connectivity index (χ1v) is 6.18. The van der Waals surface area contributed by atoms with Crippen molar-refractivity contribution in [2.75, 3.05) is 6.61 Å². The Hall–Kier alpha value is -1.81. The predicted molar refractivity (Wildman–Crippen MR) is 69.5 cm³/mol. The van der Waals surface area contributed by atoms with Gasteiger partial charge in [-0.3, -0.25) is 4.68 Å². The Morgan fingerprint density at radius 3 is 3.06 bits per heavy atom. The van der Waals surface area contributed by atoms with E-state index in [0.29, 0.717) is 6.61 Å². The van der Waals surface area contributed by atoms with Crippen LogP contribution in [0.15, 0.2) is 30.3 Å². The van der Waals surface area contributed by atoms with E-state index in [1.807, 2.05) is 30.8 Å². The van der Waals surface area contributed by atoms with E-state index < -0.39 is 0 Å². The summed E-state index contributed by atoms with van der Waals surface area (Å²) < 4.78 is 7.57. The van der Waals surface area contributed by atoms with Crippen molar-refractivity contribution in [1.29, 1.82) is 0 Å². The molecule has 2 aromatic rings. The highest BCUT2D eigenvalue weighted by molar-refractivity contribution is 5.39. The number of aryl methyl sites for hydroxylation is 2. The average molecular weight is 243 g/mol. The normalized spacial score (nSPS) is 17.6. The summed E-state index contributed by atoms with van der Waals surface area (Å²) in [6.07, 6.45) is 0. The summed E-state index contributed by atoms with van der Waals surface area (Å²) >= 11 is 0. The van der Waals surface area contributed by atoms with E-state index in [1.54, 1.807) is 0 Å². The number of para-hydroxylation sites is 1. The summed E-state index contributed by atoms with van der Waals surface area (Å²) in [5, 5.41) is 7.87. The zero-order valence-electron chi connectivity index (χ0n) is 10.7. The quantitative estimate of drug-likeness (QED) is 0.895. The molecular formula is C14H17N3O.